The average Bonchev–Trinajstić information content (AvgIpc) is 2.84. The van der Waals surface area contributed by atoms with Crippen LogP contribution in [-0.2, 0) is 10.4 Å². The number of aliphatic hydroxyl groups is 1. The van der Waals surface area contributed by atoms with Crippen LogP contribution in [0.3, 0.4) is 0 Å². The van der Waals surface area contributed by atoms with E-state index in [9.17, 15) is 9.90 Å². The molecule has 5 nitrogen and oxygen atoms in total. The molecule has 0 aromatic heterocycles. The topological polar surface area (TPSA) is 64.9 Å². The number of carbonyl (C=O) groups is 1. The maximum absolute atomic E-state index is 13.2. The van der Waals surface area contributed by atoms with Gasteiger partial charge in [0.2, 0.25) is 0 Å². The van der Waals surface area contributed by atoms with Gasteiger partial charge in [-0.25, -0.2) is 5.43 Å². The Morgan fingerprint density at radius 2 is 1.57 bits per heavy atom. The lowest BCUT2D eigenvalue weighted by Gasteiger charge is -2.46. The summed E-state index contributed by atoms with van der Waals surface area (Å²) in [5.41, 5.74) is 5.99. The molecule has 0 atom stereocenters. The molecule has 3 aromatic carbocycles. The van der Waals surface area contributed by atoms with Crippen LogP contribution in [0.15, 0.2) is 90.0 Å². The van der Waals surface area contributed by atoms with Crippen molar-refractivity contribution in [1.29, 1.82) is 0 Å². The Labute approximate surface area is 207 Å². The standard InChI is InChI=1S/C30H33N3O2/c1-21(2)33-27-17-16-23(18-26(27)22(3)19-29(33,4)5)20-31-32-28(34)30(35,24-12-8-6-9-13-24)25-14-10-7-11-15-25/h6-21,35H,1-5H3,(H,32,34)/b31-20-. The third-order valence-electron chi connectivity index (χ3n) is 6.50. The van der Waals surface area contributed by atoms with Gasteiger partial charge in [-0.1, -0.05) is 72.8 Å². The van der Waals surface area contributed by atoms with E-state index >= 15 is 0 Å². The van der Waals surface area contributed by atoms with Gasteiger partial charge in [0, 0.05) is 17.3 Å². The summed E-state index contributed by atoms with van der Waals surface area (Å²) in [5, 5.41) is 15.7. The molecule has 1 amide bonds. The van der Waals surface area contributed by atoms with Crippen molar-refractivity contribution in [3.63, 3.8) is 0 Å². The fraction of sp³-hybridized carbons (Fsp3) is 0.267. The largest absolute Gasteiger partial charge is 0.372 e. The van der Waals surface area contributed by atoms with Crippen molar-refractivity contribution in [3.05, 3.63) is 107 Å². The normalized spacial score (nSPS) is 15.2. The summed E-state index contributed by atoms with van der Waals surface area (Å²) in [6.45, 7) is 11.0. The van der Waals surface area contributed by atoms with Crippen molar-refractivity contribution >= 4 is 23.4 Å². The number of rotatable bonds is 6. The minimum atomic E-state index is -1.86. The summed E-state index contributed by atoms with van der Waals surface area (Å²) in [5.74, 6) is -0.618. The molecule has 2 N–H and O–H groups in total. The zero-order chi connectivity index (χ0) is 25.2. The van der Waals surface area contributed by atoms with Crippen molar-refractivity contribution in [2.45, 2.75) is 51.8 Å². The van der Waals surface area contributed by atoms with Gasteiger partial charge < -0.3 is 10.0 Å². The molecule has 0 aliphatic carbocycles. The fourth-order valence-electron chi connectivity index (χ4n) is 5.12. The molecule has 0 spiro atoms. The van der Waals surface area contributed by atoms with Crippen molar-refractivity contribution in [1.82, 2.24) is 5.43 Å². The maximum atomic E-state index is 13.2. The molecule has 0 bridgehead atoms. The Morgan fingerprint density at radius 1 is 1.00 bits per heavy atom. The molecule has 0 fully saturated rings. The van der Waals surface area contributed by atoms with Crippen LogP contribution in [0.4, 0.5) is 5.69 Å². The van der Waals surface area contributed by atoms with Crippen LogP contribution < -0.4 is 10.3 Å². The van der Waals surface area contributed by atoms with Crippen LogP contribution >= 0.6 is 0 Å². The highest BCUT2D eigenvalue weighted by atomic mass is 16.3. The Kier molecular flexibility index (Phi) is 6.64. The van der Waals surface area contributed by atoms with Crippen LogP contribution in [0.2, 0.25) is 0 Å². The SMILES string of the molecule is CC1=CC(C)(C)N(C(C)C)c2ccc(/C=N\NC(=O)C(O)(c3ccccc3)c3ccccc3)cc21. The molecule has 35 heavy (non-hydrogen) atoms. The third-order valence-corrected chi connectivity index (χ3v) is 6.50. The number of hydrazone groups is 1. The van der Waals surface area contributed by atoms with Crippen molar-refractivity contribution in [2.24, 2.45) is 5.10 Å². The Hall–Kier alpha value is -3.70. The molecule has 0 saturated heterocycles. The van der Waals surface area contributed by atoms with Gasteiger partial charge >= 0.3 is 0 Å². The second-order valence-corrected chi connectivity index (χ2v) is 9.86. The van der Waals surface area contributed by atoms with Gasteiger partial charge in [-0.05, 0) is 69.0 Å². The van der Waals surface area contributed by atoms with Gasteiger partial charge in [0.15, 0.2) is 5.60 Å². The average molecular weight is 468 g/mol. The Balaban J connectivity index is 1.61. The van der Waals surface area contributed by atoms with E-state index in [-0.39, 0.29) is 5.54 Å². The number of fused-ring (bicyclic) bond motifs is 1. The summed E-state index contributed by atoms with van der Waals surface area (Å²) in [6, 6.07) is 24.4. The number of nitrogens with zero attached hydrogens (tertiary/aromatic N) is 2. The summed E-state index contributed by atoms with van der Waals surface area (Å²) in [4.78, 5) is 15.7. The molecule has 5 heteroatoms. The van der Waals surface area contributed by atoms with Crippen LogP contribution in [0.5, 0.6) is 0 Å². The van der Waals surface area contributed by atoms with Gasteiger partial charge in [0.25, 0.3) is 5.91 Å². The van der Waals surface area contributed by atoms with Crippen molar-refractivity contribution in [3.8, 4) is 0 Å². The minimum Gasteiger partial charge on any atom is -0.372 e. The number of nitrogens with one attached hydrogen (secondary N) is 1. The van der Waals surface area contributed by atoms with Gasteiger partial charge in [0.05, 0.1) is 11.8 Å². The van der Waals surface area contributed by atoms with Crippen LogP contribution in [0.1, 0.15) is 56.9 Å². The van der Waals surface area contributed by atoms with Gasteiger partial charge in [-0.2, -0.15) is 5.10 Å². The Bertz CT molecular complexity index is 1220. The first-order valence-electron chi connectivity index (χ1n) is 11.9. The van der Waals surface area contributed by atoms with E-state index in [1.54, 1.807) is 54.7 Å². The number of hydrogen-bond acceptors (Lipinski definition) is 4. The molecular weight excluding hydrogens is 434 g/mol. The zero-order valence-electron chi connectivity index (χ0n) is 21.0. The van der Waals surface area contributed by atoms with Gasteiger partial charge in [0.1, 0.15) is 0 Å². The summed E-state index contributed by atoms with van der Waals surface area (Å²) in [7, 11) is 0. The summed E-state index contributed by atoms with van der Waals surface area (Å²) >= 11 is 0. The predicted molar refractivity (Wildman–Crippen MR) is 143 cm³/mol. The van der Waals surface area contributed by atoms with Crippen molar-refractivity contribution in [2.75, 3.05) is 4.90 Å². The van der Waals surface area contributed by atoms with Crippen molar-refractivity contribution < 1.29 is 9.90 Å². The quantitative estimate of drug-likeness (QED) is 0.373. The summed E-state index contributed by atoms with van der Waals surface area (Å²) in [6.07, 6.45) is 3.90. The minimum absolute atomic E-state index is 0.0752. The first-order valence-corrected chi connectivity index (χ1v) is 11.9. The molecule has 0 saturated carbocycles. The monoisotopic (exact) mass is 467 g/mol. The molecule has 0 unspecified atom stereocenters. The third kappa shape index (κ3) is 4.64. The van der Waals surface area contributed by atoms with E-state index in [2.05, 4.69) is 68.3 Å². The molecule has 180 valence electrons. The number of benzene rings is 3. The van der Waals surface area contributed by atoms with Crippen LogP contribution in [0, 0.1) is 0 Å². The van der Waals surface area contributed by atoms with Gasteiger partial charge in [-0.3, -0.25) is 4.79 Å². The molecule has 1 aliphatic rings. The molecule has 4 rings (SSSR count). The Morgan fingerprint density at radius 3 is 2.11 bits per heavy atom. The second kappa shape index (κ2) is 9.51. The van der Waals surface area contributed by atoms with E-state index in [1.165, 1.54) is 11.3 Å². The predicted octanol–water partition coefficient (Wildman–Crippen LogP) is 5.48. The number of hydrogen-bond donors (Lipinski definition) is 2. The lowest BCUT2D eigenvalue weighted by Crippen LogP contribution is -2.49. The number of anilines is 1. The van der Waals surface area contributed by atoms with E-state index < -0.39 is 11.5 Å². The first-order chi connectivity index (χ1) is 16.6. The highest BCUT2D eigenvalue weighted by Gasteiger charge is 2.40. The first kappa shape index (κ1) is 24.4. The fourth-order valence-corrected chi connectivity index (χ4v) is 5.12. The smallest absolute Gasteiger partial charge is 0.281 e. The number of amides is 1. The molecule has 1 heterocycles. The number of allylic oxidation sites excluding steroid dienone is 1. The van der Waals surface area contributed by atoms with Gasteiger partial charge in [-0.15, -0.1) is 0 Å². The van der Waals surface area contributed by atoms with Crippen LogP contribution in [0.25, 0.3) is 5.57 Å². The lowest BCUT2D eigenvalue weighted by atomic mass is 9.85. The molecule has 1 aliphatic heterocycles. The molecular formula is C30H33N3O2. The zero-order valence-corrected chi connectivity index (χ0v) is 21.0. The second-order valence-electron chi connectivity index (χ2n) is 9.86. The van der Waals surface area contributed by atoms with Crippen LogP contribution in [-0.4, -0.2) is 28.8 Å². The van der Waals surface area contributed by atoms with E-state index in [0.717, 1.165) is 11.1 Å². The lowest BCUT2D eigenvalue weighted by molar-refractivity contribution is -0.136. The molecule has 3 aromatic rings. The molecule has 0 radical (unpaired) electrons. The maximum Gasteiger partial charge on any atom is 0.281 e. The highest BCUT2D eigenvalue weighted by Crippen LogP contribution is 2.40. The summed E-state index contributed by atoms with van der Waals surface area (Å²) < 4.78 is 0. The number of carbonyl (C=O) groups excluding carboxylic acids is 1. The highest BCUT2D eigenvalue weighted by molar-refractivity contribution is 5.92. The van der Waals surface area contributed by atoms with E-state index in [4.69, 9.17) is 0 Å². The van der Waals surface area contributed by atoms with E-state index in [1.807, 2.05) is 18.2 Å². The van der Waals surface area contributed by atoms with E-state index in [0.29, 0.717) is 17.2 Å².